The highest BCUT2D eigenvalue weighted by atomic mass is 16.5. The van der Waals surface area contributed by atoms with Crippen LogP contribution in [0.5, 0.6) is 5.88 Å². The Kier molecular flexibility index (Phi) is 4.15. The van der Waals surface area contributed by atoms with E-state index in [9.17, 15) is 9.59 Å². The van der Waals surface area contributed by atoms with Gasteiger partial charge in [-0.25, -0.2) is 0 Å². The largest absolute Gasteiger partial charge is 0.479 e. The van der Waals surface area contributed by atoms with Crippen LogP contribution in [0.3, 0.4) is 0 Å². The molecule has 0 bridgehead atoms. The number of carbonyl (C=O) groups excluding carboxylic acids is 2. The first-order valence-corrected chi connectivity index (χ1v) is 7.57. The Morgan fingerprint density at radius 1 is 1.50 bits per heavy atom. The molecule has 1 aromatic heterocycles. The molecule has 0 aromatic carbocycles. The molecule has 2 fully saturated rings. The van der Waals surface area contributed by atoms with Crippen LogP contribution < -0.4 is 4.74 Å². The van der Waals surface area contributed by atoms with Gasteiger partial charge >= 0.3 is 0 Å². The van der Waals surface area contributed by atoms with Crippen LogP contribution in [-0.4, -0.2) is 54.2 Å². The average molecular weight is 308 g/mol. The molecule has 3 rings (SSSR count). The minimum Gasteiger partial charge on any atom is -0.479 e. The van der Waals surface area contributed by atoms with Crippen molar-refractivity contribution < 1.29 is 23.6 Å². The van der Waals surface area contributed by atoms with Crippen LogP contribution in [0.25, 0.3) is 0 Å². The monoisotopic (exact) mass is 308 g/mol. The number of rotatable bonds is 4. The van der Waals surface area contributed by atoms with Crippen molar-refractivity contribution >= 4 is 11.7 Å². The first-order valence-electron chi connectivity index (χ1n) is 7.57. The third-order valence-electron chi connectivity index (χ3n) is 4.42. The lowest BCUT2D eigenvalue weighted by Gasteiger charge is -2.37. The third-order valence-corrected chi connectivity index (χ3v) is 4.42. The summed E-state index contributed by atoms with van der Waals surface area (Å²) in [5.74, 6) is 0.988. The molecule has 2 saturated heterocycles. The Morgan fingerprint density at radius 2 is 2.36 bits per heavy atom. The predicted octanol–water partition coefficient (Wildman–Crippen LogP) is 0.966. The average Bonchev–Trinajstić information content (AvgIpc) is 3.17. The first-order chi connectivity index (χ1) is 10.6. The number of amides is 1. The van der Waals surface area contributed by atoms with Crippen molar-refractivity contribution in [3.05, 3.63) is 11.8 Å². The SMILES string of the molecule is COc1cc(CCC(=O)N2CC[C@@]3(CCCO3)C(=O)C2)on1. The fourth-order valence-electron chi connectivity index (χ4n) is 3.08. The van der Waals surface area contributed by atoms with Crippen LogP contribution >= 0.6 is 0 Å². The van der Waals surface area contributed by atoms with Gasteiger partial charge in [-0.15, -0.1) is 0 Å². The Hall–Kier alpha value is -1.89. The Labute approximate surface area is 128 Å². The molecule has 7 nitrogen and oxygen atoms in total. The molecule has 3 heterocycles. The van der Waals surface area contributed by atoms with Crippen molar-refractivity contribution in [3.8, 4) is 5.88 Å². The van der Waals surface area contributed by atoms with E-state index in [1.807, 2.05) is 0 Å². The fraction of sp³-hybridized carbons (Fsp3) is 0.667. The maximum absolute atomic E-state index is 12.3. The van der Waals surface area contributed by atoms with Crippen molar-refractivity contribution in [1.29, 1.82) is 0 Å². The Bertz CT molecular complexity index is 562. The van der Waals surface area contributed by atoms with E-state index in [-0.39, 0.29) is 18.2 Å². The van der Waals surface area contributed by atoms with E-state index < -0.39 is 5.60 Å². The number of Topliss-reactive ketones (excluding diaryl/α,β-unsaturated/α-hetero) is 1. The predicted molar refractivity (Wildman–Crippen MR) is 75.5 cm³/mol. The summed E-state index contributed by atoms with van der Waals surface area (Å²) in [4.78, 5) is 26.1. The lowest BCUT2D eigenvalue weighted by atomic mass is 9.87. The van der Waals surface area contributed by atoms with E-state index in [0.29, 0.717) is 44.1 Å². The molecule has 0 radical (unpaired) electrons. The van der Waals surface area contributed by atoms with E-state index in [4.69, 9.17) is 14.0 Å². The van der Waals surface area contributed by atoms with E-state index in [1.165, 1.54) is 7.11 Å². The second kappa shape index (κ2) is 6.08. The van der Waals surface area contributed by atoms with Gasteiger partial charge in [0, 0.05) is 38.5 Å². The van der Waals surface area contributed by atoms with Crippen LogP contribution in [0.1, 0.15) is 31.4 Å². The number of ether oxygens (including phenoxy) is 2. The third kappa shape index (κ3) is 2.85. The number of nitrogens with zero attached hydrogens (tertiary/aromatic N) is 2. The van der Waals surface area contributed by atoms with Crippen molar-refractivity contribution in [2.24, 2.45) is 0 Å². The normalized spacial score (nSPS) is 25.0. The molecule has 7 heteroatoms. The topological polar surface area (TPSA) is 81.9 Å². The Balaban J connectivity index is 1.52. The van der Waals surface area contributed by atoms with Crippen molar-refractivity contribution in [1.82, 2.24) is 10.1 Å². The molecule has 22 heavy (non-hydrogen) atoms. The summed E-state index contributed by atoms with van der Waals surface area (Å²) in [6.45, 7) is 1.37. The highest BCUT2D eigenvalue weighted by Crippen LogP contribution is 2.33. The smallest absolute Gasteiger partial charge is 0.254 e. The van der Waals surface area contributed by atoms with Gasteiger partial charge in [0.25, 0.3) is 5.88 Å². The standard InChI is InChI=1S/C15H20N2O5/c1-20-13-9-11(22-16-13)3-4-14(19)17-7-6-15(12(18)10-17)5-2-8-21-15/h9H,2-8,10H2,1H3/t15-/m0/s1. The number of aromatic nitrogens is 1. The van der Waals surface area contributed by atoms with Gasteiger partial charge in [-0.1, -0.05) is 0 Å². The van der Waals surface area contributed by atoms with Gasteiger partial charge in [0.1, 0.15) is 11.4 Å². The quantitative estimate of drug-likeness (QED) is 0.824. The highest BCUT2D eigenvalue weighted by molar-refractivity contribution is 5.93. The molecule has 120 valence electrons. The maximum atomic E-state index is 12.3. The number of carbonyl (C=O) groups is 2. The first kappa shape index (κ1) is 15.0. The summed E-state index contributed by atoms with van der Waals surface area (Å²) in [6.07, 6.45) is 3.05. The highest BCUT2D eigenvalue weighted by Gasteiger charge is 2.46. The number of piperidine rings is 1. The fourth-order valence-corrected chi connectivity index (χ4v) is 3.08. The number of hydrogen-bond acceptors (Lipinski definition) is 6. The summed E-state index contributed by atoms with van der Waals surface area (Å²) in [6, 6.07) is 1.66. The van der Waals surface area contributed by atoms with Gasteiger partial charge in [-0.2, -0.15) is 0 Å². The van der Waals surface area contributed by atoms with E-state index in [1.54, 1.807) is 11.0 Å². The van der Waals surface area contributed by atoms with Gasteiger partial charge in [0.2, 0.25) is 5.91 Å². The number of aryl methyl sites for hydroxylation is 1. The van der Waals surface area contributed by atoms with Gasteiger partial charge in [-0.05, 0) is 18.0 Å². The minimum absolute atomic E-state index is 0.0333. The zero-order valence-electron chi connectivity index (χ0n) is 12.7. The molecule has 1 aromatic rings. The van der Waals surface area contributed by atoms with Crippen molar-refractivity contribution in [2.45, 2.75) is 37.7 Å². The maximum Gasteiger partial charge on any atom is 0.254 e. The summed E-state index contributed by atoms with van der Waals surface area (Å²) in [5, 5.41) is 3.69. The van der Waals surface area contributed by atoms with Crippen molar-refractivity contribution in [3.63, 3.8) is 0 Å². The van der Waals surface area contributed by atoms with Crippen LogP contribution in [0, 0.1) is 0 Å². The van der Waals surface area contributed by atoms with Gasteiger partial charge in [-0.3, -0.25) is 9.59 Å². The van der Waals surface area contributed by atoms with E-state index in [2.05, 4.69) is 5.16 Å². The lowest BCUT2D eigenvalue weighted by Crippen LogP contribution is -2.53. The second-order valence-corrected chi connectivity index (χ2v) is 5.77. The number of likely N-dealkylation sites (tertiary alicyclic amines) is 1. The van der Waals surface area contributed by atoms with Gasteiger partial charge in [0.15, 0.2) is 5.78 Å². The summed E-state index contributed by atoms with van der Waals surface area (Å²) >= 11 is 0. The number of ketones is 1. The number of methoxy groups -OCH3 is 1. The van der Waals surface area contributed by atoms with Crippen LogP contribution in [0.4, 0.5) is 0 Å². The Morgan fingerprint density at radius 3 is 3.00 bits per heavy atom. The molecule has 0 aliphatic carbocycles. The second-order valence-electron chi connectivity index (χ2n) is 5.77. The zero-order chi connectivity index (χ0) is 15.6. The summed E-state index contributed by atoms with van der Waals surface area (Å²) in [5.41, 5.74) is -0.616. The molecule has 1 atom stereocenters. The van der Waals surface area contributed by atoms with E-state index in [0.717, 1.165) is 12.8 Å². The van der Waals surface area contributed by atoms with Crippen LogP contribution in [0.2, 0.25) is 0 Å². The molecule has 0 saturated carbocycles. The lowest BCUT2D eigenvalue weighted by molar-refractivity contribution is -0.152. The van der Waals surface area contributed by atoms with Gasteiger partial charge < -0.3 is 18.9 Å². The molecule has 2 aliphatic rings. The van der Waals surface area contributed by atoms with Crippen molar-refractivity contribution in [2.75, 3.05) is 26.8 Å². The van der Waals surface area contributed by atoms with E-state index >= 15 is 0 Å². The molecular formula is C15H20N2O5. The van der Waals surface area contributed by atoms with Gasteiger partial charge in [0.05, 0.1) is 13.7 Å². The minimum atomic E-state index is -0.616. The zero-order valence-corrected chi connectivity index (χ0v) is 12.7. The number of hydrogen-bond donors (Lipinski definition) is 0. The molecule has 0 unspecified atom stereocenters. The molecule has 2 aliphatic heterocycles. The van der Waals surface area contributed by atoms with Crippen LogP contribution in [-0.2, 0) is 20.7 Å². The molecule has 1 amide bonds. The molecule has 0 N–H and O–H groups in total. The summed E-state index contributed by atoms with van der Waals surface area (Å²) in [7, 11) is 1.51. The van der Waals surface area contributed by atoms with Crippen LogP contribution in [0.15, 0.2) is 10.6 Å². The summed E-state index contributed by atoms with van der Waals surface area (Å²) < 4.78 is 15.6. The molecule has 1 spiro atoms. The molecular weight excluding hydrogens is 288 g/mol.